The second-order valence-corrected chi connectivity index (χ2v) is 7.21. The van der Waals surface area contributed by atoms with Gasteiger partial charge in [0.1, 0.15) is 0 Å². The molecule has 0 amide bonds. The zero-order valence-corrected chi connectivity index (χ0v) is 13.7. The molecule has 0 bridgehead atoms. The molecule has 0 saturated heterocycles. The number of aryl methyl sites for hydroxylation is 1. The van der Waals surface area contributed by atoms with Gasteiger partial charge in [0, 0.05) is 12.4 Å². The minimum absolute atomic E-state index is 0.716. The molecule has 3 atom stereocenters. The van der Waals surface area contributed by atoms with Crippen molar-refractivity contribution in [1.29, 1.82) is 0 Å². The second kappa shape index (κ2) is 7.65. The Balaban J connectivity index is 1.52. The van der Waals surface area contributed by atoms with Gasteiger partial charge in [0.05, 0.1) is 0 Å². The Morgan fingerprint density at radius 1 is 0.952 bits per heavy atom. The Hall–Kier alpha value is -0.530. The highest BCUT2D eigenvalue weighted by atomic mass is 35.5. The third-order valence-electron chi connectivity index (χ3n) is 5.56. The minimum Gasteiger partial charge on any atom is -0.316 e. The lowest BCUT2D eigenvalue weighted by Gasteiger charge is -2.31. The van der Waals surface area contributed by atoms with Gasteiger partial charge in [0.25, 0.3) is 0 Å². The van der Waals surface area contributed by atoms with Crippen LogP contribution in [0.25, 0.3) is 0 Å². The highest BCUT2D eigenvalue weighted by Crippen LogP contribution is 2.32. The van der Waals surface area contributed by atoms with Gasteiger partial charge in [0.15, 0.2) is 0 Å². The standard InChI is InChI=1S/C19H28ClN/c20-12-16-7-1-2-8-17(16)13-21-14-18-10-5-9-15-6-3-4-11-19(15)18/h3-4,6,11,16-18,21H,1-2,5,7-10,12-14H2. The van der Waals surface area contributed by atoms with Gasteiger partial charge in [-0.25, -0.2) is 0 Å². The molecule has 1 fully saturated rings. The van der Waals surface area contributed by atoms with Crippen molar-refractivity contribution >= 4 is 11.6 Å². The van der Waals surface area contributed by atoms with E-state index in [2.05, 4.69) is 29.6 Å². The summed E-state index contributed by atoms with van der Waals surface area (Å²) in [5.74, 6) is 3.10. The molecular weight excluding hydrogens is 278 g/mol. The number of hydrogen-bond acceptors (Lipinski definition) is 1. The molecule has 1 N–H and O–H groups in total. The summed E-state index contributed by atoms with van der Waals surface area (Å²) in [5.41, 5.74) is 3.17. The van der Waals surface area contributed by atoms with E-state index in [0.29, 0.717) is 5.92 Å². The van der Waals surface area contributed by atoms with Gasteiger partial charge in [-0.3, -0.25) is 0 Å². The fraction of sp³-hybridized carbons (Fsp3) is 0.684. The molecule has 116 valence electrons. The molecule has 0 spiro atoms. The number of hydrogen-bond donors (Lipinski definition) is 1. The van der Waals surface area contributed by atoms with Crippen molar-refractivity contribution in [2.75, 3.05) is 19.0 Å². The predicted octanol–water partition coefficient (Wildman–Crippen LogP) is 4.74. The molecule has 3 unspecified atom stereocenters. The molecule has 1 aromatic carbocycles. The number of fused-ring (bicyclic) bond motifs is 1. The Morgan fingerprint density at radius 2 is 1.76 bits per heavy atom. The summed E-state index contributed by atoms with van der Waals surface area (Å²) in [5, 5.41) is 3.77. The zero-order chi connectivity index (χ0) is 14.5. The normalized spacial score (nSPS) is 29.1. The SMILES string of the molecule is ClCC1CCCCC1CNCC1CCCc2ccccc21. The van der Waals surface area contributed by atoms with Crippen molar-refractivity contribution < 1.29 is 0 Å². The van der Waals surface area contributed by atoms with Crippen molar-refractivity contribution in [3.63, 3.8) is 0 Å². The number of alkyl halides is 1. The third-order valence-corrected chi connectivity index (χ3v) is 5.95. The number of benzene rings is 1. The van der Waals surface area contributed by atoms with Gasteiger partial charge in [-0.15, -0.1) is 11.6 Å². The van der Waals surface area contributed by atoms with Crippen molar-refractivity contribution in [3.05, 3.63) is 35.4 Å². The third kappa shape index (κ3) is 3.81. The Kier molecular flexibility index (Phi) is 5.60. The van der Waals surface area contributed by atoms with Gasteiger partial charge in [-0.1, -0.05) is 37.1 Å². The van der Waals surface area contributed by atoms with E-state index in [1.54, 1.807) is 11.1 Å². The van der Waals surface area contributed by atoms with Crippen LogP contribution in [-0.2, 0) is 6.42 Å². The topological polar surface area (TPSA) is 12.0 Å². The fourth-order valence-corrected chi connectivity index (χ4v) is 4.67. The largest absolute Gasteiger partial charge is 0.316 e. The van der Waals surface area contributed by atoms with Crippen LogP contribution in [0.2, 0.25) is 0 Å². The first-order valence-electron chi connectivity index (χ1n) is 8.73. The van der Waals surface area contributed by atoms with Crippen LogP contribution in [0.1, 0.15) is 55.6 Å². The van der Waals surface area contributed by atoms with Crippen molar-refractivity contribution in [2.24, 2.45) is 11.8 Å². The fourth-order valence-electron chi connectivity index (χ4n) is 4.27. The van der Waals surface area contributed by atoms with Crippen LogP contribution in [0.4, 0.5) is 0 Å². The van der Waals surface area contributed by atoms with Crippen LogP contribution in [0.15, 0.2) is 24.3 Å². The highest BCUT2D eigenvalue weighted by Gasteiger charge is 2.25. The minimum atomic E-state index is 0.716. The molecule has 1 aromatic rings. The van der Waals surface area contributed by atoms with Crippen molar-refractivity contribution in [1.82, 2.24) is 5.32 Å². The monoisotopic (exact) mass is 305 g/mol. The van der Waals surface area contributed by atoms with E-state index >= 15 is 0 Å². The van der Waals surface area contributed by atoms with E-state index in [4.69, 9.17) is 11.6 Å². The van der Waals surface area contributed by atoms with Crippen molar-refractivity contribution in [3.8, 4) is 0 Å². The lowest BCUT2D eigenvalue weighted by atomic mass is 9.80. The van der Waals surface area contributed by atoms with Crippen LogP contribution < -0.4 is 5.32 Å². The van der Waals surface area contributed by atoms with E-state index in [1.165, 1.54) is 44.9 Å². The molecule has 2 aliphatic rings. The summed E-state index contributed by atoms with van der Waals surface area (Å²) in [6, 6.07) is 9.03. The maximum Gasteiger partial charge on any atom is 0.0254 e. The van der Waals surface area contributed by atoms with Gasteiger partial charge >= 0.3 is 0 Å². The smallest absolute Gasteiger partial charge is 0.0254 e. The lowest BCUT2D eigenvalue weighted by molar-refractivity contribution is 0.249. The van der Waals surface area contributed by atoms with Gasteiger partial charge in [0.2, 0.25) is 0 Å². The zero-order valence-electron chi connectivity index (χ0n) is 13.0. The average molecular weight is 306 g/mol. The van der Waals surface area contributed by atoms with E-state index in [9.17, 15) is 0 Å². The molecule has 21 heavy (non-hydrogen) atoms. The maximum absolute atomic E-state index is 6.14. The Bertz CT molecular complexity index is 445. The molecular formula is C19H28ClN. The van der Waals surface area contributed by atoms with Crippen LogP contribution >= 0.6 is 11.6 Å². The summed E-state index contributed by atoms with van der Waals surface area (Å²) < 4.78 is 0. The maximum atomic E-state index is 6.14. The molecule has 0 aromatic heterocycles. The molecule has 2 aliphatic carbocycles. The molecule has 1 saturated carbocycles. The first-order chi connectivity index (χ1) is 10.4. The second-order valence-electron chi connectivity index (χ2n) is 6.91. The molecule has 2 heteroatoms. The van der Waals surface area contributed by atoms with Crippen LogP contribution in [0.5, 0.6) is 0 Å². The van der Waals surface area contributed by atoms with Gasteiger partial charge < -0.3 is 5.32 Å². The number of halogens is 1. The first-order valence-corrected chi connectivity index (χ1v) is 9.26. The number of nitrogens with one attached hydrogen (secondary N) is 1. The predicted molar refractivity (Wildman–Crippen MR) is 91.2 cm³/mol. The lowest BCUT2D eigenvalue weighted by Crippen LogP contribution is -2.34. The molecule has 3 rings (SSSR count). The molecule has 1 nitrogen and oxygen atoms in total. The quantitative estimate of drug-likeness (QED) is 0.775. The van der Waals surface area contributed by atoms with Gasteiger partial charge in [-0.2, -0.15) is 0 Å². The van der Waals surface area contributed by atoms with Crippen LogP contribution in [0.3, 0.4) is 0 Å². The number of rotatable bonds is 5. The Labute approximate surface area is 134 Å². The summed E-state index contributed by atoms with van der Waals surface area (Å²) in [7, 11) is 0. The summed E-state index contributed by atoms with van der Waals surface area (Å²) in [4.78, 5) is 0. The average Bonchev–Trinajstić information content (AvgIpc) is 2.55. The van der Waals surface area contributed by atoms with Crippen molar-refractivity contribution in [2.45, 2.75) is 50.9 Å². The van der Waals surface area contributed by atoms with E-state index in [-0.39, 0.29) is 0 Å². The van der Waals surface area contributed by atoms with E-state index in [1.807, 2.05) is 0 Å². The van der Waals surface area contributed by atoms with Crippen LogP contribution in [0, 0.1) is 11.8 Å². The van der Waals surface area contributed by atoms with E-state index in [0.717, 1.165) is 30.8 Å². The summed E-state index contributed by atoms with van der Waals surface area (Å²) in [6.45, 7) is 2.30. The van der Waals surface area contributed by atoms with Gasteiger partial charge in [-0.05, 0) is 67.5 Å². The summed E-state index contributed by atoms with van der Waals surface area (Å²) in [6.07, 6.45) is 9.43. The first kappa shape index (κ1) is 15.4. The Morgan fingerprint density at radius 3 is 2.62 bits per heavy atom. The van der Waals surface area contributed by atoms with Crippen LogP contribution in [-0.4, -0.2) is 19.0 Å². The molecule has 0 radical (unpaired) electrons. The molecule has 0 heterocycles. The molecule has 0 aliphatic heterocycles. The highest BCUT2D eigenvalue weighted by molar-refractivity contribution is 6.18. The van der Waals surface area contributed by atoms with E-state index < -0.39 is 0 Å². The summed E-state index contributed by atoms with van der Waals surface area (Å²) >= 11 is 6.14.